The van der Waals surface area contributed by atoms with Gasteiger partial charge in [0.2, 0.25) is 0 Å². The van der Waals surface area contributed by atoms with Crippen LogP contribution < -0.4 is 11.3 Å². The fourth-order valence-corrected chi connectivity index (χ4v) is 2.42. The van der Waals surface area contributed by atoms with Crippen LogP contribution in [0.3, 0.4) is 0 Å². The Morgan fingerprint density at radius 2 is 1.81 bits per heavy atom. The molecule has 0 bridgehead atoms. The predicted octanol–water partition coefficient (Wildman–Crippen LogP) is 2.78. The van der Waals surface area contributed by atoms with Gasteiger partial charge in [-0.05, 0) is 6.42 Å². The van der Waals surface area contributed by atoms with Gasteiger partial charge in [-0.3, -0.25) is 14.4 Å². The summed E-state index contributed by atoms with van der Waals surface area (Å²) in [4.78, 5) is 18.6. The van der Waals surface area contributed by atoms with Crippen LogP contribution in [0.15, 0.2) is 16.0 Å². The second kappa shape index (κ2) is 6.93. The van der Waals surface area contributed by atoms with Crippen LogP contribution in [0.5, 0.6) is 0 Å². The van der Waals surface area contributed by atoms with Gasteiger partial charge in [0.25, 0.3) is 5.56 Å². The Balaban J connectivity index is 2.49. The third-order valence-corrected chi connectivity index (χ3v) is 3.70. The van der Waals surface area contributed by atoms with Crippen molar-refractivity contribution >= 4 is 11.8 Å². The standard InChI is InChI=1S/C14H12F8N4O/c15-12(16,14(20,21)22)6-24-5-7(4-23)9-10(13(17,18)19)25-8-2-1-3-26(8)11(9)27/h4-5H,1-3,6,23H2. The monoisotopic (exact) mass is 404 g/mol. The van der Waals surface area contributed by atoms with E-state index in [0.717, 1.165) is 4.57 Å². The zero-order valence-corrected chi connectivity index (χ0v) is 13.3. The molecule has 13 heteroatoms. The summed E-state index contributed by atoms with van der Waals surface area (Å²) in [5.74, 6) is -5.30. The summed E-state index contributed by atoms with van der Waals surface area (Å²) in [5, 5.41) is 0. The molecule has 1 aliphatic heterocycles. The molecule has 27 heavy (non-hydrogen) atoms. The second-order valence-corrected chi connectivity index (χ2v) is 5.60. The summed E-state index contributed by atoms with van der Waals surface area (Å²) in [7, 11) is 0. The van der Waals surface area contributed by atoms with E-state index in [-0.39, 0.29) is 25.0 Å². The zero-order valence-electron chi connectivity index (χ0n) is 13.3. The molecule has 0 fully saturated rings. The van der Waals surface area contributed by atoms with Crippen LogP contribution in [0.25, 0.3) is 5.57 Å². The Hall–Kier alpha value is -2.47. The molecule has 0 spiro atoms. The molecule has 150 valence electrons. The molecular formula is C14H12F8N4O. The Bertz CT molecular complexity index is 835. The zero-order chi connectivity index (χ0) is 20.6. The lowest BCUT2D eigenvalue weighted by Gasteiger charge is -2.17. The average molecular weight is 404 g/mol. The van der Waals surface area contributed by atoms with Crippen LogP contribution in [0, 0.1) is 0 Å². The number of aliphatic imine (C=N–C) groups is 1. The van der Waals surface area contributed by atoms with Crippen molar-refractivity contribution in [1.82, 2.24) is 9.55 Å². The smallest absolute Gasteiger partial charge is 0.404 e. The van der Waals surface area contributed by atoms with Gasteiger partial charge in [0.15, 0.2) is 5.69 Å². The highest BCUT2D eigenvalue weighted by molar-refractivity contribution is 6.10. The first-order valence-corrected chi connectivity index (χ1v) is 7.37. The van der Waals surface area contributed by atoms with Gasteiger partial charge in [0, 0.05) is 31.0 Å². The number of hydrogen-bond acceptors (Lipinski definition) is 4. The summed E-state index contributed by atoms with van der Waals surface area (Å²) in [6.45, 7) is -1.98. The van der Waals surface area contributed by atoms with Gasteiger partial charge in [-0.25, -0.2) is 4.98 Å². The molecule has 2 rings (SSSR count). The maximum absolute atomic E-state index is 13.3. The largest absolute Gasteiger partial charge is 0.455 e. The summed E-state index contributed by atoms with van der Waals surface area (Å²) < 4.78 is 103. The van der Waals surface area contributed by atoms with E-state index in [0.29, 0.717) is 12.6 Å². The summed E-state index contributed by atoms with van der Waals surface area (Å²) in [6, 6.07) is 0. The van der Waals surface area contributed by atoms with Gasteiger partial charge in [0.1, 0.15) is 12.4 Å². The predicted molar refractivity (Wildman–Crippen MR) is 78.3 cm³/mol. The first kappa shape index (κ1) is 20.8. The number of halogens is 8. The second-order valence-electron chi connectivity index (χ2n) is 5.60. The number of alkyl halides is 8. The van der Waals surface area contributed by atoms with Crippen LogP contribution >= 0.6 is 0 Å². The molecule has 2 heterocycles. The van der Waals surface area contributed by atoms with Gasteiger partial charge < -0.3 is 5.73 Å². The van der Waals surface area contributed by atoms with Crippen molar-refractivity contribution in [2.24, 2.45) is 10.7 Å². The topological polar surface area (TPSA) is 73.3 Å². The number of fused-ring (bicyclic) bond motifs is 1. The third kappa shape index (κ3) is 4.11. The lowest BCUT2D eigenvalue weighted by Crippen LogP contribution is -2.39. The summed E-state index contributed by atoms with van der Waals surface area (Å²) in [6.07, 6.45) is -9.73. The van der Waals surface area contributed by atoms with Crippen LogP contribution in [-0.4, -0.2) is 34.4 Å². The van der Waals surface area contributed by atoms with E-state index in [1.165, 1.54) is 0 Å². The van der Waals surface area contributed by atoms with Crippen molar-refractivity contribution in [3.8, 4) is 0 Å². The fraction of sp³-hybridized carbons (Fsp3) is 0.500. The number of aromatic nitrogens is 2. The van der Waals surface area contributed by atoms with Crippen molar-refractivity contribution in [2.75, 3.05) is 6.54 Å². The van der Waals surface area contributed by atoms with E-state index >= 15 is 0 Å². The summed E-state index contributed by atoms with van der Waals surface area (Å²) in [5.41, 5.74) is 0.602. The van der Waals surface area contributed by atoms with Crippen molar-refractivity contribution in [1.29, 1.82) is 0 Å². The minimum absolute atomic E-state index is 0.0907. The molecule has 5 nitrogen and oxygen atoms in total. The third-order valence-electron chi connectivity index (χ3n) is 3.70. The molecule has 0 aromatic carbocycles. The van der Waals surface area contributed by atoms with Gasteiger partial charge in [0.05, 0.1) is 5.56 Å². The first-order chi connectivity index (χ1) is 12.3. The van der Waals surface area contributed by atoms with E-state index in [2.05, 4.69) is 9.98 Å². The Morgan fingerprint density at radius 1 is 1.19 bits per heavy atom. The van der Waals surface area contributed by atoms with E-state index in [1.807, 2.05) is 0 Å². The van der Waals surface area contributed by atoms with Crippen LogP contribution in [0.2, 0.25) is 0 Å². The van der Waals surface area contributed by atoms with Gasteiger partial charge in [-0.15, -0.1) is 0 Å². The van der Waals surface area contributed by atoms with Crippen molar-refractivity contribution < 1.29 is 35.1 Å². The average Bonchev–Trinajstić information content (AvgIpc) is 2.99. The quantitative estimate of drug-likeness (QED) is 0.620. The fourth-order valence-electron chi connectivity index (χ4n) is 2.42. The van der Waals surface area contributed by atoms with Gasteiger partial charge in [-0.1, -0.05) is 0 Å². The molecule has 0 saturated heterocycles. The SMILES string of the molecule is NC=C(C=NCC(F)(F)C(F)(F)F)c1c(C(F)(F)F)nc2n(c1=O)CCC2. The molecule has 1 aromatic heterocycles. The molecule has 0 atom stereocenters. The molecule has 0 unspecified atom stereocenters. The molecule has 0 radical (unpaired) electrons. The lowest BCUT2D eigenvalue weighted by molar-refractivity contribution is -0.276. The van der Waals surface area contributed by atoms with Crippen LogP contribution in [0.4, 0.5) is 35.1 Å². The number of hydrogen-bond donors (Lipinski definition) is 1. The first-order valence-electron chi connectivity index (χ1n) is 7.37. The number of allylic oxidation sites excluding steroid dienone is 1. The number of nitrogens with two attached hydrogens (primary N) is 1. The molecule has 1 aromatic rings. The molecule has 1 aliphatic rings. The Morgan fingerprint density at radius 3 is 2.33 bits per heavy atom. The minimum atomic E-state index is -5.89. The van der Waals surface area contributed by atoms with E-state index < -0.39 is 47.2 Å². The minimum Gasteiger partial charge on any atom is -0.404 e. The van der Waals surface area contributed by atoms with Gasteiger partial charge >= 0.3 is 18.3 Å². The Labute approximate surface area is 146 Å². The highest BCUT2D eigenvalue weighted by atomic mass is 19.4. The highest BCUT2D eigenvalue weighted by Gasteiger charge is 2.57. The van der Waals surface area contributed by atoms with Crippen molar-refractivity contribution in [2.45, 2.75) is 37.7 Å². The Kier molecular flexibility index (Phi) is 5.34. The van der Waals surface area contributed by atoms with Crippen molar-refractivity contribution in [3.05, 3.63) is 33.6 Å². The number of nitrogens with zero attached hydrogens (tertiary/aromatic N) is 3. The van der Waals surface area contributed by atoms with Crippen LogP contribution in [0.1, 0.15) is 23.5 Å². The molecule has 2 N–H and O–H groups in total. The van der Waals surface area contributed by atoms with Crippen molar-refractivity contribution in [3.63, 3.8) is 0 Å². The molecule has 0 aliphatic carbocycles. The molecule has 0 saturated carbocycles. The van der Waals surface area contributed by atoms with E-state index in [1.54, 1.807) is 0 Å². The number of rotatable bonds is 4. The molecular weight excluding hydrogens is 392 g/mol. The lowest BCUT2D eigenvalue weighted by atomic mass is 10.1. The normalized spacial score (nSPS) is 16.2. The van der Waals surface area contributed by atoms with E-state index in [9.17, 15) is 39.9 Å². The summed E-state index contributed by atoms with van der Waals surface area (Å²) >= 11 is 0. The van der Waals surface area contributed by atoms with Gasteiger partial charge in [-0.2, -0.15) is 35.1 Å². The maximum atomic E-state index is 13.3. The van der Waals surface area contributed by atoms with Crippen LogP contribution in [-0.2, 0) is 19.1 Å². The van der Waals surface area contributed by atoms with E-state index in [4.69, 9.17) is 5.73 Å². The maximum Gasteiger partial charge on any atom is 0.455 e. The highest BCUT2D eigenvalue weighted by Crippen LogP contribution is 2.36. The molecule has 0 amide bonds. The number of aryl methyl sites for hydroxylation is 1.